The van der Waals surface area contributed by atoms with E-state index >= 15 is 0 Å². The quantitative estimate of drug-likeness (QED) is 0.476. The van der Waals surface area contributed by atoms with Gasteiger partial charge in [0.1, 0.15) is 0 Å². The normalized spacial score (nSPS) is 9.06. The lowest BCUT2D eigenvalue weighted by Crippen LogP contribution is -2.19. The van der Waals surface area contributed by atoms with Crippen molar-refractivity contribution in [2.75, 3.05) is 6.54 Å². The molecule has 1 aromatic carbocycles. The largest absolute Gasteiger partial charge is 0.345 e. The van der Waals surface area contributed by atoms with Crippen molar-refractivity contribution in [2.45, 2.75) is 6.92 Å². The zero-order chi connectivity index (χ0) is 12.8. The summed E-state index contributed by atoms with van der Waals surface area (Å²) in [6.45, 7) is 1.50. The summed E-state index contributed by atoms with van der Waals surface area (Å²) in [7, 11) is 0. The lowest BCUT2D eigenvalue weighted by molar-refractivity contribution is -0.387. The highest BCUT2D eigenvalue weighted by Gasteiger charge is 2.12. The lowest BCUT2D eigenvalue weighted by Gasteiger charge is -1.94. The molecule has 0 fully saturated rings. The van der Waals surface area contributed by atoms with E-state index < -0.39 is 16.4 Å². The second kappa shape index (κ2) is 5.61. The maximum atomic E-state index is 13.2. The molecule has 0 aliphatic carbocycles. The van der Waals surface area contributed by atoms with Gasteiger partial charge in [0.25, 0.3) is 0 Å². The molecule has 1 aromatic rings. The molecule has 1 amide bonds. The van der Waals surface area contributed by atoms with Crippen molar-refractivity contribution in [3.63, 3.8) is 0 Å². The molecular formula is C11H9FN2O3. The molecule has 6 heteroatoms. The number of amides is 1. The number of nitro benzene ring substituents is 1. The summed E-state index contributed by atoms with van der Waals surface area (Å²) >= 11 is 0. The molecule has 0 aromatic heterocycles. The van der Waals surface area contributed by atoms with Crippen LogP contribution < -0.4 is 5.32 Å². The second-order valence-electron chi connectivity index (χ2n) is 3.13. The Morgan fingerprint density at radius 2 is 2.29 bits per heavy atom. The molecule has 88 valence electrons. The van der Waals surface area contributed by atoms with E-state index in [2.05, 4.69) is 17.2 Å². The summed E-state index contributed by atoms with van der Waals surface area (Å²) in [6, 6.07) is 3.39. The van der Waals surface area contributed by atoms with E-state index in [9.17, 15) is 19.3 Å². The van der Waals surface area contributed by atoms with Crippen LogP contribution in [0.4, 0.5) is 10.1 Å². The van der Waals surface area contributed by atoms with E-state index in [-0.39, 0.29) is 12.5 Å². The molecule has 0 aliphatic rings. The van der Waals surface area contributed by atoms with Gasteiger partial charge in [-0.3, -0.25) is 14.9 Å². The zero-order valence-electron chi connectivity index (χ0n) is 8.99. The number of benzene rings is 1. The molecule has 1 N–H and O–H groups in total. The molecule has 0 heterocycles. The van der Waals surface area contributed by atoms with Gasteiger partial charge in [-0.2, -0.15) is 4.39 Å². The van der Waals surface area contributed by atoms with E-state index in [1.54, 1.807) is 0 Å². The number of rotatable bonds is 2. The fourth-order valence-electron chi connectivity index (χ4n) is 1.05. The Labute approximate surface area is 96.8 Å². The van der Waals surface area contributed by atoms with Gasteiger partial charge in [0.05, 0.1) is 11.5 Å². The van der Waals surface area contributed by atoms with Gasteiger partial charge < -0.3 is 5.32 Å². The smallest absolute Gasteiger partial charge is 0.304 e. The van der Waals surface area contributed by atoms with Crippen molar-refractivity contribution in [1.82, 2.24) is 5.32 Å². The molecule has 0 radical (unpaired) electrons. The van der Waals surface area contributed by atoms with Crippen LogP contribution in [0.25, 0.3) is 0 Å². The van der Waals surface area contributed by atoms with Crippen LogP contribution in [0.2, 0.25) is 0 Å². The first kappa shape index (κ1) is 12.6. The Hall–Kier alpha value is -2.42. The third kappa shape index (κ3) is 3.91. The Morgan fingerprint density at radius 3 is 2.82 bits per heavy atom. The molecular weight excluding hydrogens is 227 g/mol. The van der Waals surface area contributed by atoms with Crippen molar-refractivity contribution in [3.8, 4) is 11.8 Å². The lowest BCUT2D eigenvalue weighted by atomic mass is 10.2. The topological polar surface area (TPSA) is 72.2 Å². The van der Waals surface area contributed by atoms with E-state index in [0.29, 0.717) is 5.56 Å². The molecule has 0 spiro atoms. The summed E-state index contributed by atoms with van der Waals surface area (Å²) in [5, 5.41) is 12.8. The minimum Gasteiger partial charge on any atom is -0.345 e. The zero-order valence-corrected chi connectivity index (χ0v) is 8.99. The van der Waals surface area contributed by atoms with Crippen LogP contribution in [0.3, 0.4) is 0 Å². The molecule has 1 rings (SSSR count). The first-order valence-corrected chi connectivity index (χ1v) is 4.68. The highest BCUT2D eigenvalue weighted by atomic mass is 19.1. The highest BCUT2D eigenvalue weighted by molar-refractivity contribution is 5.73. The molecule has 5 nitrogen and oxygen atoms in total. The van der Waals surface area contributed by atoms with Crippen LogP contribution in [-0.4, -0.2) is 17.4 Å². The second-order valence-corrected chi connectivity index (χ2v) is 3.13. The van der Waals surface area contributed by atoms with Crippen molar-refractivity contribution in [1.29, 1.82) is 0 Å². The van der Waals surface area contributed by atoms with Gasteiger partial charge in [0.15, 0.2) is 0 Å². The first-order valence-electron chi connectivity index (χ1n) is 4.68. The maximum Gasteiger partial charge on any atom is 0.304 e. The maximum absolute atomic E-state index is 13.2. The van der Waals surface area contributed by atoms with Crippen LogP contribution >= 0.6 is 0 Å². The SMILES string of the molecule is CC(=O)NCC#Cc1ccc([N+](=O)[O-])c(F)c1. The van der Waals surface area contributed by atoms with Gasteiger partial charge in [-0.1, -0.05) is 11.8 Å². The Bertz CT molecular complexity index is 517. The summed E-state index contributed by atoms with van der Waals surface area (Å²) in [6.07, 6.45) is 0. The fourth-order valence-corrected chi connectivity index (χ4v) is 1.05. The minimum absolute atomic E-state index is 0.147. The minimum atomic E-state index is -0.929. The molecule has 0 bridgehead atoms. The third-order valence-electron chi connectivity index (χ3n) is 1.80. The molecule has 17 heavy (non-hydrogen) atoms. The average molecular weight is 236 g/mol. The van der Waals surface area contributed by atoms with Gasteiger partial charge in [0, 0.05) is 18.6 Å². The number of nitrogens with one attached hydrogen (secondary N) is 1. The van der Waals surface area contributed by atoms with Gasteiger partial charge in [-0.25, -0.2) is 0 Å². The Morgan fingerprint density at radius 1 is 1.59 bits per heavy atom. The Kier molecular flexibility index (Phi) is 4.17. The number of carbonyl (C=O) groups excluding carboxylic acids is 1. The van der Waals surface area contributed by atoms with E-state index in [1.165, 1.54) is 13.0 Å². The van der Waals surface area contributed by atoms with Crippen molar-refractivity contribution >= 4 is 11.6 Å². The summed E-state index contributed by atoms with van der Waals surface area (Å²) in [5.74, 6) is 4.03. The number of halogens is 1. The van der Waals surface area contributed by atoms with Crippen LogP contribution in [0.5, 0.6) is 0 Å². The van der Waals surface area contributed by atoms with Gasteiger partial charge >= 0.3 is 5.69 Å². The molecule has 0 atom stereocenters. The van der Waals surface area contributed by atoms with E-state index in [1.807, 2.05) is 0 Å². The molecule has 0 saturated carbocycles. The van der Waals surface area contributed by atoms with Crippen LogP contribution in [0, 0.1) is 27.8 Å². The summed E-state index contributed by atoms with van der Waals surface area (Å²) in [4.78, 5) is 20.1. The van der Waals surface area contributed by atoms with Gasteiger partial charge in [-0.05, 0) is 12.1 Å². The number of nitrogens with zero attached hydrogens (tertiary/aromatic N) is 1. The van der Waals surface area contributed by atoms with Crippen LogP contribution in [-0.2, 0) is 4.79 Å². The molecule has 0 unspecified atom stereocenters. The Balaban J connectivity index is 2.77. The monoisotopic (exact) mass is 236 g/mol. The van der Waals surface area contributed by atoms with Crippen molar-refractivity contribution < 1.29 is 14.1 Å². The number of carbonyl (C=O) groups is 1. The van der Waals surface area contributed by atoms with Gasteiger partial charge in [0.2, 0.25) is 11.7 Å². The molecule has 0 aliphatic heterocycles. The molecule has 0 saturated heterocycles. The predicted octanol–water partition coefficient (Wildman–Crippen LogP) is 1.22. The van der Waals surface area contributed by atoms with Crippen molar-refractivity contribution in [2.24, 2.45) is 0 Å². The number of hydrogen-bond donors (Lipinski definition) is 1. The van der Waals surface area contributed by atoms with E-state index in [4.69, 9.17) is 0 Å². The number of hydrogen-bond acceptors (Lipinski definition) is 3. The standard InChI is InChI=1S/C11H9FN2O3/c1-8(15)13-6-2-3-9-4-5-11(14(16)17)10(12)7-9/h4-5,7H,6H2,1H3,(H,13,15). The summed E-state index contributed by atoms with van der Waals surface area (Å²) < 4.78 is 13.2. The first-order chi connectivity index (χ1) is 8.00. The predicted molar refractivity (Wildman–Crippen MR) is 58.6 cm³/mol. The van der Waals surface area contributed by atoms with Crippen molar-refractivity contribution in [3.05, 3.63) is 39.7 Å². The fraction of sp³-hybridized carbons (Fsp3) is 0.182. The summed E-state index contributed by atoms with van der Waals surface area (Å²) in [5.41, 5.74) is -0.268. The number of nitro groups is 1. The highest BCUT2D eigenvalue weighted by Crippen LogP contribution is 2.17. The van der Waals surface area contributed by atoms with Crippen LogP contribution in [0.15, 0.2) is 18.2 Å². The van der Waals surface area contributed by atoms with E-state index in [0.717, 1.165) is 12.1 Å². The average Bonchev–Trinajstić information content (AvgIpc) is 2.23. The van der Waals surface area contributed by atoms with Crippen LogP contribution in [0.1, 0.15) is 12.5 Å². The van der Waals surface area contributed by atoms with Gasteiger partial charge in [-0.15, -0.1) is 0 Å². The third-order valence-corrected chi connectivity index (χ3v) is 1.80.